The van der Waals surface area contributed by atoms with Crippen LogP contribution in [0.15, 0.2) is 0 Å². The van der Waals surface area contributed by atoms with Gasteiger partial charge in [0.2, 0.25) is 11.8 Å². The van der Waals surface area contributed by atoms with Crippen LogP contribution in [0.3, 0.4) is 0 Å². The maximum atomic E-state index is 12.8. The third kappa shape index (κ3) is 2.26. The Labute approximate surface area is 126 Å². The van der Waals surface area contributed by atoms with Crippen molar-refractivity contribution in [1.82, 2.24) is 15.1 Å². The van der Waals surface area contributed by atoms with Gasteiger partial charge in [0.15, 0.2) is 0 Å². The minimum atomic E-state index is -0.170. The van der Waals surface area contributed by atoms with Crippen molar-refractivity contribution in [3.05, 3.63) is 0 Å². The van der Waals surface area contributed by atoms with Crippen molar-refractivity contribution in [2.24, 2.45) is 17.8 Å². The van der Waals surface area contributed by atoms with Gasteiger partial charge in [0.1, 0.15) is 6.04 Å². The van der Waals surface area contributed by atoms with Gasteiger partial charge < -0.3 is 15.1 Å². The van der Waals surface area contributed by atoms with Crippen molar-refractivity contribution < 1.29 is 9.59 Å². The zero-order chi connectivity index (χ0) is 14.4. The van der Waals surface area contributed by atoms with Gasteiger partial charge in [0.05, 0.1) is 0 Å². The second kappa shape index (κ2) is 5.27. The van der Waals surface area contributed by atoms with Gasteiger partial charge in [-0.3, -0.25) is 9.59 Å². The Balaban J connectivity index is 1.42. The highest BCUT2D eigenvalue weighted by Crippen LogP contribution is 2.58. The number of piperazine rings is 1. The zero-order valence-corrected chi connectivity index (χ0v) is 12.6. The summed E-state index contributed by atoms with van der Waals surface area (Å²) in [5, 5.41) is 3.27. The van der Waals surface area contributed by atoms with Crippen LogP contribution >= 0.6 is 0 Å². The van der Waals surface area contributed by atoms with Gasteiger partial charge in [-0.1, -0.05) is 6.42 Å². The maximum absolute atomic E-state index is 12.8. The number of rotatable bonds is 2. The first-order valence-electron chi connectivity index (χ1n) is 8.57. The maximum Gasteiger partial charge on any atom is 0.245 e. The minimum Gasteiger partial charge on any atom is -0.338 e. The molecule has 2 amide bonds. The average Bonchev–Trinajstić information content (AvgIpc) is 2.91. The van der Waals surface area contributed by atoms with Crippen LogP contribution in [0.2, 0.25) is 0 Å². The Kier molecular flexibility index (Phi) is 3.40. The van der Waals surface area contributed by atoms with Crippen molar-refractivity contribution in [3.8, 4) is 0 Å². The molecule has 2 saturated carbocycles. The molecule has 0 aromatic carbocycles. The quantitative estimate of drug-likeness (QED) is 0.804. The van der Waals surface area contributed by atoms with Gasteiger partial charge in [-0.2, -0.15) is 0 Å². The van der Waals surface area contributed by atoms with Crippen LogP contribution in [0, 0.1) is 17.8 Å². The van der Waals surface area contributed by atoms with E-state index in [1.165, 1.54) is 19.3 Å². The predicted octanol–water partition coefficient (Wildman–Crippen LogP) is 0.455. The van der Waals surface area contributed by atoms with E-state index in [9.17, 15) is 9.59 Å². The predicted molar refractivity (Wildman–Crippen MR) is 78.5 cm³/mol. The van der Waals surface area contributed by atoms with Crippen LogP contribution in [0.5, 0.6) is 0 Å². The molecule has 116 valence electrons. The molecule has 2 aliphatic heterocycles. The lowest BCUT2D eigenvalue weighted by atomic mass is 10.1. The fourth-order valence-electron chi connectivity index (χ4n) is 4.76. The molecule has 3 unspecified atom stereocenters. The summed E-state index contributed by atoms with van der Waals surface area (Å²) in [5.41, 5.74) is 0. The fourth-order valence-corrected chi connectivity index (χ4v) is 4.76. The Morgan fingerprint density at radius 2 is 1.57 bits per heavy atom. The van der Waals surface area contributed by atoms with E-state index in [0.717, 1.165) is 45.6 Å². The second-order valence-electron chi connectivity index (χ2n) is 7.05. The molecule has 5 nitrogen and oxygen atoms in total. The highest BCUT2D eigenvalue weighted by molar-refractivity contribution is 5.90. The summed E-state index contributed by atoms with van der Waals surface area (Å²) >= 11 is 0. The summed E-state index contributed by atoms with van der Waals surface area (Å²) < 4.78 is 0. The Bertz CT molecular complexity index is 417. The first kappa shape index (κ1) is 13.6. The number of nitrogens with zero attached hydrogens (tertiary/aromatic N) is 2. The Morgan fingerprint density at radius 3 is 2.29 bits per heavy atom. The molecule has 2 saturated heterocycles. The smallest absolute Gasteiger partial charge is 0.245 e. The van der Waals surface area contributed by atoms with Gasteiger partial charge in [-0.15, -0.1) is 0 Å². The second-order valence-corrected chi connectivity index (χ2v) is 7.05. The lowest BCUT2D eigenvalue weighted by Crippen LogP contribution is -2.53. The van der Waals surface area contributed by atoms with Crippen molar-refractivity contribution in [3.63, 3.8) is 0 Å². The first-order valence-corrected chi connectivity index (χ1v) is 8.57. The van der Waals surface area contributed by atoms with Crippen molar-refractivity contribution >= 4 is 11.8 Å². The number of hydrogen-bond acceptors (Lipinski definition) is 3. The number of amides is 2. The van der Waals surface area contributed by atoms with Crippen LogP contribution < -0.4 is 5.32 Å². The molecule has 2 heterocycles. The van der Waals surface area contributed by atoms with Crippen LogP contribution in [0.4, 0.5) is 0 Å². The first-order chi connectivity index (χ1) is 10.3. The zero-order valence-electron chi connectivity index (χ0n) is 12.6. The molecule has 5 heteroatoms. The summed E-state index contributed by atoms with van der Waals surface area (Å²) in [4.78, 5) is 29.3. The molecule has 0 aromatic heterocycles. The highest BCUT2D eigenvalue weighted by atomic mass is 16.2. The molecule has 2 aliphatic carbocycles. The molecular weight excluding hydrogens is 266 g/mol. The van der Waals surface area contributed by atoms with E-state index in [-0.39, 0.29) is 23.8 Å². The van der Waals surface area contributed by atoms with Crippen LogP contribution in [0.1, 0.15) is 32.1 Å². The van der Waals surface area contributed by atoms with E-state index in [1.54, 1.807) is 0 Å². The summed E-state index contributed by atoms with van der Waals surface area (Å²) in [7, 11) is 0. The van der Waals surface area contributed by atoms with Crippen LogP contribution in [-0.2, 0) is 9.59 Å². The molecule has 4 fully saturated rings. The van der Waals surface area contributed by atoms with Gasteiger partial charge >= 0.3 is 0 Å². The number of fused-ring (bicyclic) bond motifs is 1. The summed E-state index contributed by atoms with van der Waals surface area (Å²) in [6, 6.07) is -0.170. The van der Waals surface area contributed by atoms with E-state index in [1.807, 2.05) is 9.80 Å². The Hall–Kier alpha value is -1.10. The number of hydrogen-bond donors (Lipinski definition) is 1. The minimum absolute atomic E-state index is 0.170. The lowest BCUT2D eigenvalue weighted by molar-refractivity contribution is -0.145. The number of carbonyl (C=O) groups is 2. The number of carbonyl (C=O) groups excluding carboxylic acids is 2. The highest BCUT2D eigenvalue weighted by Gasteiger charge is 2.58. The van der Waals surface area contributed by atoms with E-state index in [4.69, 9.17) is 0 Å². The van der Waals surface area contributed by atoms with E-state index >= 15 is 0 Å². The standard InChI is InChI=1S/C16H25N3O2/c20-15(18-9-6-17-7-10-18)13-5-2-8-19(13)16(21)14-11-3-1-4-12(11)14/h11-14,17H,1-10H2. The van der Waals surface area contributed by atoms with Crippen molar-refractivity contribution in [2.75, 3.05) is 32.7 Å². The molecule has 0 spiro atoms. The molecule has 21 heavy (non-hydrogen) atoms. The number of likely N-dealkylation sites (tertiary alicyclic amines) is 1. The van der Waals surface area contributed by atoms with E-state index < -0.39 is 0 Å². The summed E-state index contributed by atoms with van der Waals surface area (Å²) in [5.74, 6) is 2.03. The molecule has 1 N–H and O–H groups in total. The lowest BCUT2D eigenvalue weighted by Gasteiger charge is -2.33. The molecule has 4 rings (SSSR count). The normalized spacial score (nSPS) is 38.5. The molecule has 0 radical (unpaired) electrons. The van der Waals surface area contributed by atoms with Gasteiger partial charge in [0, 0.05) is 38.6 Å². The molecule has 4 aliphatic rings. The number of nitrogens with one attached hydrogen (secondary N) is 1. The molecule has 3 atom stereocenters. The van der Waals surface area contributed by atoms with Crippen molar-refractivity contribution in [1.29, 1.82) is 0 Å². The average molecular weight is 291 g/mol. The van der Waals surface area contributed by atoms with E-state index in [0.29, 0.717) is 11.8 Å². The largest absolute Gasteiger partial charge is 0.338 e. The van der Waals surface area contributed by atoms with Gasteiger partial charge in [-0.25, -0.2) is 0 Å². The fraction of sp³-hybridized carbons (Fsp3) is 0.875. The third-order valence-electron chi connectivity index (χ3n) is 5.94. The van der Waals surface area contributed by atoms with Gasteiger partial charge in [0.25, 0.3) is 0 Å². The van der Waals surface area contributed by atoms with Crippen LogP contribution in [-0.4, -0.2) is 60.4 Å². The van der Waals surface area contributed by atoms with Crippen molar-refractivity contribution in [2.45, 2.75) is 38.1 Å². The Morgan fingerprint density at radius 1 is 0.857 bits per heavy atom. The van der Waals surface area contributed by atoms with Gasteiger partial charge in [-0.05, 0) is 37.5 Å². The SMILES string of the molecule is O=C(C1CCCN1C(=O)C1C2CCCC21)N1CCNCC1. The topological polar surface area (TPSA) is 52.7 Å². The molecule has 0 bridgehead atoms. The monoisotopic (exact) mass is 291 g/mol. The molecule has 0 aromatic rings. The summed E-state index contributed by atoms with van der Waals surface area (Å²) in [6.07, 6.45) is 5.59. The van der Waals surface area contributed by atoms with E-state index in [2.05, 4.69) is 5.32 Å². The van der Waals surface area contributed by atoms with Crippen LogP contribution in [0.25, 0.3) is 0 Å². The molecular formula is C16H25N3O2. The summed E-state index contributed by atoms with van der Waals surface area (Å²) in [6.45, 7) is 4.10. The third-order valence-corrected chi connectivity index (χ3v) is 5.94.